The number of halogens is 5. The van der Waals surface area contributed by atoms with Crippen LogP contribution in [0.2, 0.25) is 10.0 Å². The van der Waals surface area contributed by atoms with Crippen molar-refractivity contribution in [3.8, 4) is 16.9 Å². The highest BCUT2D eigenvalue weighted by atomic mass is 35.5. The first-order valence-corrected chi connectivity index (χ1v) is 13.3. The van der Waals surface area contributed by atoms with E-state index in [9.17, 15) is 26.4 Å². The van der Waals surface area contributed by atoms with Gasteiger partial charge in [-0.3, -0.25) is 4.79 Å². The minimum atomic E-state index is -4.67. The first kappa shape index (κ1) is 26.3. The molecule has 190 valence electrons. The van der Waals surface area contributed by atoms with Crippen LogP contribution >= 0.6 is 23.2 Å². The highest BCUT2D eigenvalue weighted by Crippen LogP contribution is 2.35. The summed E-state index contributed by atoms with van der Waals surface area (Å²) >= 11 is 12.1. The highest BCUT2D eigenvalue weighted by Gasteiger charge is 2.39. The van der Waals surface area contributed by atoms with Gasteiger partial charge in [-0.15, -0.1) is 0 Å². The van der Waals surface area contributed by atoms with E-state index < -0.39 is 28.0 Å². The quantitative estimate of drug-likeness (QED) is 0.357. The molecular formula is C25H20Cl2F3NO4S. The average molecular weight is 558 g/mol. The van der Waals surface area contributed by atoms with E-state index in [1.54, 1.807) is 12.1 Å². The molecular weight excluding hydrogens is 538 g/mol. The van der Waals surface area contributed by atoms with Gasteiger partial charge in [0, 0.05) is 19.3 Å². The zero-order valence-electron chi connectivity index (χ0n) is 19.1. The topological polar surface area (TPSA) is 63.7 Å². The zero-order chi connectivity index (χ0) is 26.4. The molecule has 0 bridgehead atoms. The third kappa shape index (κ3) is 5.48. The molecule has 1 heterocycles. The van der Waals surface area contributed by atoms with Crippen molar-refractivity contribution in [2.45, 2.75) is 37.2 Å². The van der Waals surface area contributed by atoms with Gasteiger partial charge in [0.2, 0.25) is 0 Å². The Hall–Kier alpha value is -2.75. The lowest BCUT2D eigenvalue weighted by atomic mass is 10.0. The summed E-state index contributed by atoms with van der Waals surface area (Å²) < 4.78 is 68.5. The second-order valence-corrected chi connectivity index (χ2v) is 11.3. The van der Waals surface area contributed by atoms with Gasteiger partial charge < -0.3 is 9.64 Å². The van der Waals surface area contributed by atoms with E-state index in [1.807, 2.05) is 24.3 Å². The number of sulfone groups is 1. The SMILES string of the molecule is CC(Oc1ccc(S(C)(=O)=O)cc1C(=O)N1Cc2ccc(-c3ccc(Cl)c(Cl)c3)cc2C1)C(F)(F)F. The summed E-state index contributed by atoms with van der Waals surface area (Å²) in [7, 11) is -3.72. The number of carbonyl (C=O) groups is 1. The van der Waals surface area contributed by atoms with Crippen LogP contribution in [0.3, 0.4) is 0 Å². The molecule has 0 spiro atoms. The van der Waals surface area contributed by atoms with E-state index in [2.05, 4.69) is 0 Å². The minimum Gasteiger partial charge on any atom is -0.480 e. The molecule has 0 aromatic heterocycles. The van der Waals surface area contributed by atoms with E-state index in [-0.39, 0.29) is 29.3 Å². The Labute approximate surface area is 216 Å². The third-order valence-electron chi connectivity index (χ3n) is 5.84. The van der Waals surface area contributed by atoms with Crippen molar-refractivity contribution in [2.75, 3.05) is 6.26 Å². The number of carbonyl (C=O) groups excluding carboxylic acids is 1. The summed E-state index contributed by atoms with van der Waals surface area (Å²) in [4.78, 5) is 14.7. The molecule has 0 saturated heterocycles. The maximum Gasteiger partial charge on any atom is 0.425 e. The predicted molar refractivity (Wildman–Crippen MR) is 131 cm³/mol. The fourth-order valence-electron chi connectivity index (χ4n) is 3.83. The molecule has 0 fully saturated rings. The Morgan fingerprint density at radius 1 is 0.944 bits per heavy atom. The molecule has 11 heteroatoms. The summed E-state index contributed by atoms with van der Waals surface area (Å²) in [6, 6.07) is 14.1. The van der Waals surface area contributed by atoms with Crippen LogP contribution in [0.25, 0.3) is 11.1 Å². The van der Waals surface area contributed by atoms with Crippen LogP contribution in [0.1, 0.15) is 28.4 Å². The summed E-state index contributed by atoms with van der Waals surface area (Å²) in [5.74, 6) is -0.984. The Morgan fingerprint density at radius 2 is 1.58 bits per heavy atom. The van der Waals surface area contributed by atoms with Gasteiger partial charge in [0.25, 0.3) is 5.91 Å². The van der Waals surface area contributed by atoms with Crippen molar-refractivity contribution < 1.29 is 31.1 Å². The van der Waals surface area contributed by atoms with E-state index >= 15 is 0 Å². The number of ether oxygens (including phenoxy) is 1. The fraction of sp³-hybridized carbons (Fsp3) is 0.240. The number of rotatable bonds is 5. The summed E-state index contributed by atoms with van der Waals surface area (Å²) in [6.07, 6.45) is -5.91. The van der Waals surface area contributed by atoms with Crippen molar-refractivity contribution in [1.29, 1.82) is 0 Å². The normalized spacial score (nSPS) is 14.5. The zero-order valence-corrected chi connectivity index (χ0v) is 21.4. The van der Waals surface area contributed by atoms with Gasteiger partial charge >= 0.3 is 6.18 Å². The first-order valence-electron chi connectivity index (χ1n) is 10.7. The standard InChI is InChI=1S/C25H20Cl2F3NO4S/c1-14(25(28,29)30)35-23-8-6-19(36(2,33)34)11-20(23)24(32)31-12-17-4-3-15(9-18(17)13-31)16-5-7-21(26)22(27)10-16/h3-11,14H,12-13H2,1-2H3. The van der Waals surface area contributed by atoms with Crippen molar-refractivity contribution in [2.24, 2.45) is 0 Å². The number of nitrogens with zero attached hydrogens (tertiary/aromatic N) is 1. The number of fused-ring (bicyclic) bond motifs is 1. The summed E-state index contributed by atoms with van der Waals surface area (Å²) in [5, 5.41) is 0.824. The Balaban J connectivity index is 1.65. The Bertz CT molecular complexity index is 1460. The molecule has 1 unspecified atom stereocenters. The third-order valence-corrected chi connectivity index (χ3v) is 7.69. The monoisotopic (exact) mass is 557 g/mol. The van der Waals surface area contributed by atoms with E-state index in [4.69, 9.17) is 27.9 Å². The molecule has 1 atom stereocenters. The van der Waals surface area contributed by atoms with Gasteiger partial charge in [0.05, 0.1) is 20.5 Å². The molecule has 1 amide bonds. The maximum absolute atomic E-state index is 13.4. The maximum atomic E-state index is 13.4. The van der Waals surface area contributed by atoms with Crippen LogP contribution in [0.15, 0.2) is 59.5 Å². The van der Waals surface area contributed by atoms with Crippen LogP contribution in [-0.4, -0.2) is 37.8 Å². The Kier molecular flexibility index (Phi) is 7.02. The smallest absolute Gasteiger partial charge is 0.425 e. The van der Waals surface area contributed by atoms with Crippen molar-refractivity contribution in [1.82, 2.24) is 4.90 Å². The number of hydrogen-bond acceptors (Lipinski definition) is 4. The largest absolute Gasteiger partial charge is 0.480 e. The molecule has 0 saturated carbocycles. The van der Waals surface area contributed by atoms with Gasteiger partial charge in [-0.05, 0) is 65.6 Å². The molecule has 3 aromatic carbocycles. The fourth-order valence-corrected chi connectivity index (χ4v) is 4.78. The highest BCUT2D eigenvalue weighted by molar-refractivity contribution is 7.90. The van der Waals surface area contributed by atoms with Crippen LogP contribution in [0, 0.1) is 0 Å². The van der Waals surface area contributed by atoms with E-state index in [0.717, 1.165) is 53.6 Å². The van der Waals surface area contributed by atoms with E-state index in [0.29, 0.717) is 10.0 Å². The molecule has 0 radical (unpaired) electrons. The predicted octanol–water partition coefficient (Wildman–Crippen LogP) is 6.55. The second-order valence-electron chi connectivity index (χ2n) is 8.51. The number of hydrogen-bond donors (Lipinski definition) is 0. The number of benzene rings is 3. The molecule has 1 aliphatic heterocycles. The number of amides is 1. The lowest BCUT2D eigenvalue weighted by Gasteiger charge is -2.22. The molecule has 4 rings (SSSR count). The summed E-state index contributed by atoms with van der Waals surface area (Å²) in [6.45, 7) is 1.20. The van der Waals surface area contributed by atoms with Gasteiger partial charge in [-0.25, -0.2) is 8.42 Å². The molecule has 3 aromatic rings. The lowest BCUT2D eigenvalue weighted by Crippen LogP contribution is -2.32. The van der Waals surface area contributed by atoms with Crippen LogP contribution in [0.4, 0.5) is 13.2 Å². The molecule has 0 aliphatic carbocycles. The Morgan fingerprint density at radius 3 is 2.22 bits per heavy atom. The molecule has 5 nitrogen and oxygen atoms in total. The summed E-state index contributed by atoms with van der Waals surface area (Å²) in [5.41, 5.74) is 3.12. The van der Waals surface area contributed by atoms with Crippen molar-refractivity contribution >= 4 is 38.9 Å². The van der Waals surface area contributed by atoms with Crippen molar-refractivity contribution in [3.05, 3.63) is 81.3 Å². The average Bonchev–Trinajstić information content (AvgIpc) is 3.22. The van der Waals surface area contributed by atoms with Crippen molar-refractivity contribution in [3.63, 3.8) is 0 Å². The van der Waals surface area contributed by atoms with Gasteiger partial charge in [-0.2, -0.15) is 13.2 Å². The second kappa shape index (κ2) is 9.61. The van der Waals surface area contributed by atoms with Crippen LogP contribution < -0.4 is 4.74 Å². The van der Waals surface area contributed by atoms with Gasteiger partial charge in [0.1, 0.15) is 5.75 Å². The van der Waals surface area contributed by atoms with Gasteiger partial charge in [0.15, 0.2) is 15.9 Å². The lowest BCUT2D eigenvalue weighted by molar-refractivity contribution is -0.189. The van der Waals surface area contributed by atoms with Gasteiger partial charge in [-0.1, -0.05) is 41.4 Å². The molecule has 0 N–H and O–H groups in total. The van der Waals surface area contributed by atoms with E-state index in [1.165, 1.54) is 4.90 Å². The van der Waals surface area contributed by atoms with Crippen LogP contribution in [-0.2, 0) is 22.9 Å². The minimum absolute atomic E-state index is 0.181. The van der Waals surface area contributed by atoms with Crippen LogP contribution in [0.5, 0.6) is 5.75 Å². The number of alkyl halides is 3. The molecule has 36 heavy (non-hydrogen) atoms. The molecule has 1 aliphatic rings. The first-order chi connectivity index (χ1) is 16.7.